The smallest absolute Gasteiger partial charge is 0.234 e. The second-order valence-electron chi connectivity index (χ2n) is 6.60. The van der Waals surface area contributed by atoms with Gasteiger partial charge in [0.2, 0.25) is 11.8 Å². The van der Waals surface area contributed by atoms with Gasteiger partial charge in [0, 0.05) is 32.1 Å². The first-order valence-corrected chi connectivity index (χ1v) is 8.42. The van der Waals surface area contributed by atoms with Crippen LogP contribution in [0.2, 0.25) is 0 Å². The summed E-state index contributed by atoms with van der Waals surface area (Å²) in [6, 6.07) is 5.97. The fourth-order valence-electron chi connectivity index (χ4n) is 2.82. The molecule has 2 rings (SSSR count). The molecule has 5 nitrogen and oxygen atoms in total. The molecule has 1 saturated heterocycles. The van der Waals surface area contributed by atoms with Crippen molar-refractivity contribution in [1.82, 2.24) is 15.1 Å². The molecule has 24 heavy (non-hydrogen) atoms. The van der Waals surface area contributed by atoms with E-state index < -0.39 is 0 Å². The largest absolute Gasteiger partial charge is 0.348 e. The Labute approximate surface area is 142 Å². The summed E-state index contributed by atoms with van der Waals surface area (Å²) in [6.45, 7) is 8.74. The molecule has 0 bridgehead atoms. The fraction of sp³-hybridized carbons (Fsp3) is 0.556. The molecule has 1 aromatic rings. The van der Waals surface area contributed by atoms with Gasteiger partial charge in [-0.2, -0.15) is 0 Å². The number of benzene rings is 1. The third-order valence-corrected chi connectivity index (χ3v) is 4.29. The Morgan fingerprint density at radius 2 is 1.67 bits per heavy atom. The molecule has 1 N–H and O–H groups in total. The molecule has 6 heteroatoms. The van der Waals surface area contributed by atoms with Gasteiger partial charge < -0.3 is 10.2 Å². The lowest BCUT2D eigenvalue weighted by atomic mass is 10.1. The van der Waals surface area contributed by atoms with Crippen molar-refractivity contribution in [3.8, 4) is 0 Å². The second kappa shape index (κ2) is 8.24. The summed E-state index contributed by atoms with van der Waals surface area (Å²) in [5, 5.41) is 2.93. The maximum atomic E-state index is 12.9. The summed E-state index contributed by atoms with van der Waals surface area (Å²) in [6.07, 6.45) is 0. The number of nitrogens with one attached hydrogen (secondary N) is 1. The molecule has 1 unspecified atom stereocenters. The van der Waals surface area contributed by atoms with E-state index in [0.717, 1.165) is 5.56 Å². The van der Waals surface area contributed by atoms with Crippen molar-refractivity contribution in [2.45, 2.75) is 26.8 Å². The Hall–Kier alpha value is -1.95. The van der Waals surface area contributed by atoms with Crippen LogP contribution in [-0.2, 0) is 9.59 Å². The van der Waals surface area contributed by atoms with Crippen LogP contribution < -0.4 is 5.32 Å². The number of nitrogens with zero attached hydrogens (tertiary/aromatic N) is 2. The van der Waals surface area contributed by atoms with E-state index in [1.54, 1.807) is 12.1 Å². The monoisotopic (exact) mass is 335 g/mol. The van der Waals surface area contributed by atoms with E-state index in [1.807, 2.05) is 25.7 Å². The van der Waals surface area contributed by atoms with Gasteiger partial charge >= 0.3 is 0 Å². The van der Waals surface area contributed by atoms with Crippen molar-refractivity contribution < 1.29 is 14.0 Å². The highest BCUT2D eigenvalue weighted by molar-refractivity contribution is 5.79. The number of halogens is 1. The zero-order valence-electron chi connectivity index (χ0n) is 14.6. The zero-order chi connectivity index (χ0) is 17.7. The average Bonchev–Trinajstić information content (AvgIpc) is 2.55. The van der Waals surface area contributed by atoms with Crippen molar-refractivity contribution >= 4 is 11.8 Å². The number of amides is 2. The van der Waals surface area contributed by atoms with E-state index in [-0.39, 0.29) is 29.6 Å². The van der Waals surface area contributed by atoms with Gasteiger partial charge in [0.1, 0.15) is 5.82 Å². The van der Waals surface area contributed by atoms with E-state index >= 15 is 0 Å². The quantitative estimate of drug-likeness (QED) is 0.893. The van der Waals surface area contributed by atoms with Crippen LogP contribution in [0.3, 0.4) is 0 Å². The van der Waals surface area contributed by atoms with Crippen molar-refractivity contribution in [3.05, 3.63) is 35.6 Å². The van der Waals surface area contributed by atoms with Gasteiger partial charge in [-0.05, 0) is 24.6 Å². The van der Waals surface area contributed by atoms with Gasteiger partial charge in [-0.25, -0.2) is 4.39 Å². The van der Waals surface area contributed by atoms with Gasteiger partial charge in [0.05, 0.1) is 12.6 Å². The Morgan fingerprint density at radius 1 is 1.08 bits per heavy atom. The first kappa shape index (κ1) is 18.4. The third kappa shape index (κ3) is 5.03. The Morgan fingerprint density at radius 3 is 2.21 bits per heavy atom. The van der Waals surface area contributed by atoms with Gasteiger partial charge in [0.15, 0.2) is 0 Å². The number of carbonyl (C=O) groups is 2. The molecule has 1 heterocycles. The molecule has 0 aromatic heterocycles. The molecule has 0 saturated carbocycles. The van der Waals surface area contributed by atoms with E-state index in [9.17, 15) is 14.0 Å². The van der Waals surface area contributed by atoms with Crippen LogP contribution in [-0.4, -0.2) is 54.3 Å². The SMILES string of the molecule is CC(C)C(=O)N1CCN(CC(=O)NC(C)c2ccc(F)cc2)CC1. The molecule has 1 aromatic carbocycles. The summed E-state index contributed by atoms with van der Waals surface area (Å²) >= 11 is 0. The van der Waals surface area contributed by atoms with Crippen LogP contribution in [0.1, 0.15) is 32.4 Å². The topological polar surface area (TPSA) is 52.7 Å². The number of carbonyl (C=O) groups excluding carboxylic acids is 2. The standard InChI is InChI=1S/C18H26FN3O2/c1-13(2)18(24)22-10-8-21(9-11-22)12-17(23)20-14(3)15-4-6-16(19)7-5-15/h4-7,13-14H,8-12H2,1-3H3,(H,20,23). The third-order valence-electron chi connectivity index (χ3n) is 4.29. The number of hydrogen-bond acceptors (Lipinski definition) is 3. The number of piperazine rings is 1. The lowest BCUT2D eigenvalue weighted by Crippen LogP contribution is -2.52. The van der Waals surface area contributed by atoms with E-state index in [1.165, 1.54) is 12.1 Å². The second-order valence-corrected chi connectivity index (χ2v) is 6.60. The summed E-state index contributed by atoms with van der Waals surface area (Å²) in [4.78, 5) is 28.0. The number of hydrogen-bond donors (Lipinski definition) is 1. The van der Waals surface area contributed by atoms with Gasteiger partial charge in [-0.15, -0.1) is 0 Å². The fourth-order valence-corrected chi connectivity index (χ4v) is 2.82. The molecule has 0 radical (unpaired) electrons. The molecular weight excluding hydrogens is 309 g/mol. The van der Waals surface area contributed by atoms with E-state index in [0.29, 0.717) is 32.7 Å². The predicted molar refractivity (Wildman–Crippen MR) is 90.8 cm³/mol. The van der Waals surface area contributed by atoms with Crippen LogP contribution in [0.5, 0.6) is 0 Å². The van der Waals surface area contributed by atoms with Crippen LogP contribution >= 0.6 is 0 Å². The van der Waals surface area contributed by atoms with E-state index in [4.69, 9.17) is 0 Å². The molecule has 1 aliphatic rings. The lowest BCUT2D eigenvalue weighted by molar-refractivity contribution is -0.136. The first-order chi connectivity index (χ1) is 11.4. The average molecular weight is 335 g/mol. The Kier molecular flexibility index (Phi) is 6.31. The van der Waals surface area contributed by atoms with Crippen LogP contribution in [0, 0.1) is 11.7 Å². The Balaban J connectivity index is 1.77. The molecule has 0 aliphatic carbocycles. The molecule has 1 fully saturated rings. The zero-order valence-corrected chi connectivity index (χ0v) is 14.6. The van der Waals surface area contributed by atoms with Gasteiger partial charge in [-0.3, -0.25) is 14.5 Å². The molecule has 132 valence electrons. The maximum absolute atomic E-state index is 12.9. The summed E-state index contributed by atoms with van der Waals surface area (Å²) in [5.41, 5.74) is 0.872. The lowest BCUT2D eigenvalue weighted by Gasteiger charge is -2.35. The Bertz CT molecular complexity index is 566. The highest BCUT2D eigenvalue weighted by Gasteiger charge is 2.24. The minimum absolute atomic E-state index is 0.0106. The van der Waals surface area contributed by atoms with Crippen molar-refractivity contribution in [2.75, 3.05) is 32.7 Å². The van der Waals surface area contributed by atoms with E-state index in [2.05, 4.69) is 10.2 Å². The minimum atomic E-state index is -0.286. The van der Waals surface area contributed by atoms with Crippen molar-refractivity contribution in [1.29, 1.82) is 0 Å². The van der Waals surface area contributed by atoms with Crippen LogP contribution in [0.4, 0.5) is 4.39 Å². The van der Waals surface area contributed by atoms with Crippen LogP contribution in [0.25, 0.3) is 0 Å². The summed E-state index contributed by atoms with van der Waals surface area (Å²) in [5.74, 6) is -0.165. The predicted octanol–water partition coefficient (Wildman–Crippen LogP) is 1.80. The maximum Gasteiger partial charge on any atom is 0.234 e. The molecule has 1 aliphatic heterocycles. The summed E-state index contributed by atoms with van der Waals surface area (Å²) < 4.78 is 12.9. The highest BCUT2D eigenvalue weighted by atomic mass is 19.1. The number of rotatable bonds is 5. The molecule has 2 amide bonds. The van der Waals surface area contributed by atoms with Crippen molar-refractivity contribution in [2.24, 2.45) is 5.92 Å². The van der Waals surface area contributed by atoms with Gasteiger partial charge in [0.25, 0.3) is 0 Å². The highest BCUT2D eigenvalue weighted by Crippen LogP contribution is 2.13. The molecule has 1 atom stereocenters. The molecular formula is C18H26FN3O2. The van der Waals surface area contributed by atoms with Crippen molar-refractivity contribution in [3.63, 3.8) is 0 Å². The summed E-state index contributed by atoms with van der Waals surface area (Å²) in [7, 11) is 0. The molecule has 0 spiro atoms. The van der Waals surface area contributed by atoms with Gasteiger partial charge in [-0.1, -0.05) is 26.0 Å². The first-order valence-electron chi connectivity index (χ1n) is 8.42. The minimum Gasteiger partial charge on any atom is -0.348 e. The normalized spacial score (nSPS) is 17.0. The van der Waals surface area contributed by atoms with Crippen LogP contribution in [0.15, 0.2) is 24.3 Å².